The van der Waals surface area contributed by atoms with Crippen molar-refractivity contribution in [1.82, 2.24) is 10.6 Å². The predicted molar refractivity (Wildman–Crippen MR) is 67.3 cm³/mol. The van der Waals surface area contributed by atoms with Gasteiger partial charge in [0.05, 0.1) is 0 Å². The van der Waals surface area contributed by atoms with Crippen LogP contribution in [0.5, 0.6) is 0 Å². The van der Waals surface area contributed by atoms with E-state index >= 15 is 0 Å². The number of carbonyl (C=O) groups is 1. The first-order chi connectivity index (χ1) is 7.26. The van der Waals surface area contributed by atoms with Crippen molar-refractivity contribution < 1.29 is 4.79 Å². The van der Waals surface area contributed by atoms with Crippen molar-refractivity contribution >= 4 is 5.91 Å². The Morgan fingerprint density at radius 3 is 2.31 bits per heavy atom. The molecule has 1 amide bonds. The molecule has 0 saturated heterocycles. The van der Waals surface area contributed by atoms with Crippen LogP contribution in [-0.4, -0.2) is 25.0 Å². The molecule has 0 aliphatic heterocycles. The second-order valence-electron chi connectivity index (χ2n) is 6.34. The molecule has 1 aliphatic carbocycles. The van der Waals surface area contributed by atoms with Gasteiger partial charge in [0, 0.05) is 24.5 Å². The fraction of sp³-hybridized carbons (Fsp3) is 0.923. The molecule has 1 saturated carbocycles. The van der Waals surface area contributed by atoms with Gasteiger partial charge >= 0.3 is 0 Å². The van der Waals surface area contributed by atoms with Gasteiger partial charge in [0.25, 0.3) is 0 Å². The number of hydrogen-bond donors (Lipinski definition) is 2. The zero-order chi connectivity index (χ0) is 12.4. The molecule has 0 spiro atoms. The highest BCUT2D eigenvalue weighted by Gasteiger charge is 2.41. The molecule has 94 valence electrons. The molecule has 0 heterocycles. The van der Waals surface area contributed by atoms with Gasteiger partial charge in [-0.1, -0.05) is 27.7 Å². The van der Waals surface area contributed by atoms with Crippen molar-refractivity contribution in [2.24, 2.45) is 10.8 Å². The van der Waals surface area contributed by atoms with Crippen LogP contribution in [0.3, 0.4) is 0 Å². The van der Waals surface area contributed by atoms with Gasteiger partial charge in [-0.25, -0.2) is 0 Å². The smallest absolute Gasteiger partial charge is 0.225 e. The van der Waals surface area contributed by atoms with Gasteiger partial charge in [0.2, 0.25) is 5.91 Å². The van der Waals surface area contributed by atoms with Gasteiger partial charge in [-0.3, -0.25) is 4.79 Å². The molecule has 3 nitrogen and oxygen atoms in total. The molecule has 0 aromatic rings. The van der Waals surface area contributed by atoms with Crippen molar-refractivity contribution in [3.63, 3.8) is 0 Å². The van der Waals surface area contributed by atoms with Crippen LogP contribution in [0.25, 0.3) is 0 Å². The third kappa shape index (κ3) is 3.78. The highest BCUT2D eigenvalue weighted by Crippen LogP contribution is 2.47. The third-order valence-electron chi connectivity index (χ3n) is 3.63. The molecule has 1 unspecified atom stereocenters. The Hall–Kier alpha value is -0.570. The summed E-state index contributed by atoms with van der Waals surface area (Å²) in [4.78, 5) is 11.6. The lowest BCUT2D eigenvalue weighted by Gasteiger charge is -2.22. The highest BCUT2D eigenvalue weighted by atomic mass is 16.2. The van der Waals surface area contributed by atoms with Crippen LogP contribution in [0.2, 0.25) is 0 Å². The number of rotatable bonds is 5. The van der Waals surface area contributed by atoms with Crippen LogP contribution in [0.1, 0.15) is 47.5 Å². The van der Waals surface area contributed by atoms with E-state index in [4.69, 9.17) is 0 Å². The number of hydrogen-bond acceptors (Lipinski definition) is 2. The third-order valence-corrected chi connectivity index (χ3v) is 3.63. The van der Waals surface area contributed by atoms with Gasteiger partial charge in [0.1, 0.15) is 0 Å². The Morgan fingerprint density at radius 1 is 1.31 bits per heavy atom. The second kappa shape index (κ2) is 4.74. The molecular weight excluding hydrogens is 200 g/mol. The van der Waals surface area contributed by atoms with Crippen molar-refractivity contribution in [3.05, 3.63) is 0 Å². The highest BCUT2D eigenvalue weighted by molar-refractivity contribution is 5.81. The summed E-state index contributed by atoms with van der Waals surface area (Å²) < 4.78 is 0. The van der Waals surface area contributed by atoms with Gasteiger partial charge in [-0.2, -0.15) is 0 Å². The first kappa shape index (κ1) is 13.5. The van der Waals surface area contributed by atoms with Gasteiger partial charge in [0.15, 0.2) is 0 Å². The standard InChI is InChI=1S/C13H26N2O/c1-10(13(5)6-7-13)14-8-9-15-11(16)12(2,3)4/h10,14H,6-9H2,1-5H3,(H,15,16). The zero-order valence-electron chi connectivity index (χ0n) is 11.3. The summed E-state index contributed by atoms with van der Waals surface area (Å²) in [6.07, 6.45) is 2.66. The molecule has 0 aromatic heterocycles. The fourth-order valence-corrected chi connectivity index (χ4v) is 1.61. The molecule has 16 heavy (non-hydrogen) atoms. The van der Waals surface area contributed by atoms with Crippen LogP contribution in [0.15, 0.2) is 0 Å². The summed E-state index contributed by atoms with van der Waals surface area (Å²) in [5.74, 6) is 0.125. The number of amides is 1. The molecule has 0 radical (unpaired) electrons. The molecule has 1 aliphatic rings. The van der Waals surface area contributed by atoms with Gasteiger partial charge in [-0.15, -0.1) is 0 Å². The molecule has 1 rings (SSSR count). The predicted octanol–water partition coefficient (Wildman–Crippen LogP) is 1.93. The van der Waals surface area contributed by atoms with E-state index in [1.807, 2.05) is 20.8 Å². The van der Waals surface area contributed by atoms with Crippen molar-refractivity contribution in [2.45, 2.75) is 53.5 Å². The first-order valence-corrected chi connectivity index (χ1v) is 6.27. The van der Waals surface area contributed by atoms with E-state index in [0.29, 0.717) is 11.5 Å². The van der Waals surface area contributed by atoms with E-state index in [0.717, 1.165) is 13.1 Å². The lowest BCUT2D eigenvalue weighted by Crippen LogP contribution is -2.42. The van der Waals surface area contributed by atoms with Crippen LogP contribution in [-0.2, 0) is 4.79 Å². The van der Waals surface area contributed by atoms with Crippen molar-refractivity contribution in [1.29, 1.82) is 0 Å². The summed E-state index contributed by atoms with van der Waals surface area (Å²) in [5.41, 5.74) is 0.224. The maximum Gasteiger partial charge on any atom is 0.225 e. The average molecular weight is 226 g/mol. The first-order valence-electron chi connectivity index (χ1n) is 6.27. The van der Waals surface area contributed by atoms with E-state index in [1.165, 1.54) is 12.8 Å². The van der Waals surface area contributed by atoms with E-state index in [9.17, 15) is 4.79 Å². The van der Waals surface area contributed by atoms with E-state index in [2.05, 4.69) is 24.5 Å². The normalized spacial score (nSPS) is 20.3. The lowest BCUT2D eigenvalue weighted by molar-refractivity contribution is -0.128. The van der Waals surface area contributed by atoms with Crippen LogP contribution < -0.4 is 10.6 Å². The minimum Gasteiger partial charge on any atom is -0.354 e. The molecule has 0 aromatic carbocycles. The number of nitrogens with one attached hydrogen (secondary N) is 2. The Bertz CT molecular complexity index is 251. The lowest BCUT2D eigenvalue weighted by atomic mass is 9.96. The topological polar surface area (TPSA) is 41.1 Å². The minimum absolute atomic E-state index is 0.125. The second-order valence-corrected chi connectivity index (χ2v) is 6.34. The molecule has 2 N–H and O–H groups in total. The van der Waals surface area contributed by atoms with Gasteiger partial charge in [-0.05, 0) is 25.2 Å². The van der Waals surface area contributed by atoms with E-state index in [-0.39, 0.29) is 11.3 Å². The van der Waals surface area contributed by atoms with Crippen LogP contribution in [0.4, 0.5) is 0 Å². The average Bonchev–Trinajstić information content (AvgIpc) is 2.90. The maximum atomic E-state index is 11.6. The van der Waals surface area contributed by atoms with E-state index < -0.39 is 0 Å². The fourth-order valence-electron chi connectivity index (χ4n) is 1.61. The Morgan fingerprint density at radius 2 is 1.88 bits per heavy atom. The Labute approximate surface area is 99.4 Å². The monoisotopic (exact) mass is 226 g/mol. The Balaban J connectivity index is 2.10. The molecule has 1 atom stereocenters. The molecular formula is C13H26N2O. The summed E-state index contributed by atoms with van der Waals surface area (Å²) in [5, 5.41) is 6.43. The van der Waals surface area contributed by atoms with E-state index in [1.54, 1.807) is 0 Å². The largest absolute Gasteiger partial charge is 0.354 e. The zero-order valence-corrected chi connectivity index (χ0v) is 11.3. The van der Waals surface area contributed by atoms with Crippen LogP contribution >= 0.6 is 0 Å². The SMILES string of the molecule is CC(NCCNC(=O)C(C)(C)C)C1(C)CC1. The summed E-state index contributed by atoms with van der Waals surface area (Å²) in [6, 6.07) is 0.555. The quantitative estimate of drug-likeness (QED) is 0.703. The minimum atomic E-state index is -0.284. The summed E-state index contributed by atoms with van der Waals surface area (Å²) >= 11 is 0. The maximum absolute atomic E-state index is 11.6. The van der Waals surface area contributed by atoms with Gasteiger partial charge < -0.3 is 10.6 Å². The Kier molecular flexibility index (Phi) is 4.00. The number of carbonyl (C=O) groups excluding carboxylic acids is 1. The summed E-state index contributed by atoms with van der Waals surface area (Å²) in [6.45, 7) is 11.9. The molecule has 3 heteroatoms. The van der Waals surface area contributed by atoms with Crippen LogP contribution in [0, 0.1) is 10.8 Å². The van der Waals surface area contributed by atoms with Crippen molar-refractivity contribution in [2.75, 3.05) is 13.1 Å². The molecule has 0 bridgehead atoms. The van der Waals surface area contributed by atoms with Crippen molar-refractivity contribution in [3.8, 4) is 0 Å². The summed E-state index contributed by atoms with van der Waals surface area (Å²) in [7, 11) is 0. The molecule has 1 fully saturated rings.